The summed E-state index contributed by atoms with van der Waals surface area (Å²) in [5.74, 6) is 0.0102. The van der Waals surface area contributed by atoms with Crippen LogP contribution in [0, 0.1) is 12.7 Å². The van der Waals surface area contributed by atoms with Crippen molar-refractivity contribution >= 4 is 34.8 Å². The first-order chi connectivity index (χ1) is 16.7. The van der Waals surface area contributed by atoms with Crippen molar-refractivity contribution in [1.82, 2.24) is 19.7 Å². The van der Waals surface area contributed by atoms with Gasteiger partial charge in [0.1, 0.15) is 11.6 Å². The topological polar surface area (TPSA) is 94.0 Å². The molecule has 0 fully saturated rings. The maximum atomic E-state index is 13.3. The molecule has 0 atom stereocenters. The molecule has 10 heteroatoms. The Morgan fingerprint density at radius 3 is 2.60 bits per heavy atom. The molecule has 4 aromatic rings. The second-order valence-corrected chi connectivity index (χ2v) is 8.55. The van der Waals surface area contributed by atoms with Gasteiger partial charge in [-0.2, -0.15) is 5.10 Å². The van der Waals surface area contributed by atoms with Crippen molar-refractivity contribution in [2.75, 3.05) is 17.7 Å². The van der Waals surface area contributed by atoms with Crippen LogP contribution in [-0.4, -0.2) is 32.8 Å². The van der Waals surface area contributed by atoms with E-state index in [1.165, 1.54) is 31.5 Å². The van der Waals surface area contributed by atoms with Gasteiger partial charge in [-0.1, -0.05) is 11.6 Å². The smallest absolute Gasteiger partial charge is 0.255 e. The number of nitrogens with one attached hydrogen (secondary N) is 2. The van der Waals surface area contributed by atoms with Crippen LogP contribution in [0.1, 0.15) is 35.8 Å². The average molecular weight is 495 g/mol. The maximum absolute atomic E-state index is 13.3. The number of halogens is 2. The molecule has 0 saturated carbocycles. The number of ether oxygens (including phenoxy) is 1. The van der Waals surface area contributed by atoms with Gasteiger partial charge >= 0.3 is 0 Å². The molecule has 0 spiro atoms. The minimum atomic E-state index is -0.362. The monoisotopic (exact) mass is 494 g/mol. The van der Waals surface area contributed by atoms with E-state index >= 15 is 0 Å². The SMILES string of the molecule is COc1cc(C(=O)Nc2ccc(F)cc2C)ccc1Nc1ncc(Cl)c(-c2cnn(C(C)C)c2)n1. The van der Waals surface area contributed by atoms with Crippen molar-refractivity contribution in [3.8, 4) is 17.0 Å². The van der Waals surface area contributed by atoms with Gasteiger partial charge < -0.3 is 15.4 Å². The Morgan fingerprint density at radius 1 is 1.14 bits per heavy atom. The number of amides is 1. The fraction of sp³-hybridized carbons (Fsp3) is 0.200. The van der Waals surface area contributed by atoms with Crippen molar-refractivity contribution < 1.29 is 13.9 Å². The lowest BCUT2D eigenvalue weighted by atomic mass is 10.1. The molecular formula is C25H24ClFN6O2. The van der Waals surface area contributed by atoms with E-state index in [9.17, 15) is 9.18 Å². The Labute approximate surface area is 207 Å². The zero-order valence-electron chi connectivity index (χ0n) is 19.6. The van der Waals surface area contributed by atoms with Crippen molar-refractivity contribution in [2.45, 2.75) is 26.8 Å². The number of carbonyl (C=O) groups is 1. The summed E-state index contributed by atoms with van der Waals surface area (Å²) in [5.41, 5.74) is 3.40. The van der Waals surface area contributed by atoms with Crippen LogP contribution in [0.25, 0.3) is 11.3 Å². The predicted octanol–water partition coefficient (Wildman–Crippen LogP) is 6.03. The first-order valence-corrected chi connectivity index (χ1v) is 11.2. The second kappa shape index (κ2) is 10.1. The number of benzene rings is 2. The zero-order valence-corrected chi connectivity index (χ0v) is 20.4. The molecule has 8 nitrogen and oxygen atoms in total. The van der Waals surface area contributed by atoms with Crippen LogP contribution in [0.5, 0.6) is 5.75 Å². The van der Waals surface area contributed by atoms with Crippen LogP contribution in [0.2, 0.25) is 5.02 Å². The number of rotatable bonds is 7. The van der Waals surface area contributed by atoms with Crippen LogP contribution in [-0.2, 0) is 0 Å². The first-order valence-electron chi connectivity index (χ1n) is 10.8. The molecule has 2 aromatic heterocycles. The van der Waals surface area contributed by atoms with E-state index in [4.69, 9.17) is 16.3 Å². The normalized spacial score (nSPS) is 10.9. The van der Waals surface area contributed by atoms with Gasteiger partial charge in [0.15, 0.2) is 0 Å². The molecule has 0 saturated heterocycles. The maximum Gasteiger partial charge on any atom is 0.255 e. The molecule has 2 N–H and O–H groups in total. The molecule has 180 valence electrons. The van der Waals surface area contributed by atoms with E-state index in [1.54, 1.807) is 31.3 Å². The van der Waals surface area contributed by atoms with E-state index < -0.39 is 0 Å². The lowest BCUT2D eigenvalue weighted by molar-refractivity contribution is 0.102. The molecule has 0 aliphatic rings. The molecular weight excluding hydrogens is 471 g/mol. The quantitative estimate of drug-likeness (QED) is 0.326. The van der Waals surface area contributed by atoms with Crippen molar-refractivity contribution in [2.24, 2.45) is 0 Å². The highest BCUT2D eigenvalue weighted by molar-refractivity contribution is 6.32. The van der Waals surface area contributed by atoms with Gasteiger partial charge in [0, 0.05) is 29.1 Å². The zero-order chi connectivity index (χ0) is 25.1. The summed E-state index contributed by atoms with van der Waals surface area (Å²) in [5, 5.41) is 10.6. The molecule has 0 unspecified atom stereocenters. The summed E-state index contributed by atoms with van der Waals surface area (Å²) in [6.45, 7) is 5.78. The van der Waals surface area contributed by atoms with Gasteiger partial charge in [-0.05, 0) is 62.7 Å². The number of aromatic nitrogens is 4. The highest BCUT2D eigenvalue weighted by Gasteiger charge is 2.15. The van der Waals surface area contributed by atoms with Gasteiger partial charge in [-0.15, -0.1) is 0 Å². The number of aryl methyl sites for hydroxylation is 1. The lowest BCUT2D eigenvalue weighted by Crippen LogP contribution is -2.13. The van der Waals surface area contributed by atoms with Gasteiger partial charge in [0.25, 0.3) is 5.91 Å². The van der Waals surface area contributed by atoms with Crippen LogP contribution < -0.4 is 15.4 Å². The van der Waals surface area contributed by atoms with Crippen molar-refractivity contribution in [1.29, 1.82) is 0 Å². The number of anilines is 3. The summed E-state index contributed by atoms with van der Waals surface area (Å²) in [6, 6.07) is 9.31. The summed E-state index contributed by atoms with van der Waals surface area (Å²) < 4.78 is 20.6. The number of methoxy groups -OCH3 is 1. The van der Waals surface area contributed by atoms with Gasteiger partial charge in [-0.3, -0.25) is 9.48 Å². The molecule has 4 rings (SSSR count). The largest absolute Gasteiger partial charge is 0.495 e. The van der Waals surface area contributed by atoms with E-state index in [0.717, 1.165) is 5.56 Å². The van der Waals surface area contributed by atoms with E-state index in [0.29, 0.717) is 44.9 Å². The molecule has 0 aliphatic carbocycles. The van der Waals surface area contributed by atoms with Crippen LogP contribution in [0.4, 0.5) is 21.7 Å². The van der Waals surface area contributed by atoms with E-state index in [2.05, 4.69) is 25.7 Å². The molecule has 2 heterocycles. The number of nitrogens with zero attached hydrogens (tertiary/aromatic N) is 4. The van der Waals surface area contributed by atoms with Crippen LogP contribution in [0.3, 0.4) is 0 Å². The molecule has 0 aliphatic heterocycles. The number of hydrogen-bond donors (Lipinski definition) is 2. The van der Waals surface area contributed by atoms with Crippen LogP contribution >= 0.6 is 11.6 Å². The Morgan fingerprint density at radius 2 is 1.91 bits per heavy atom. The van der Waals surface area contributed by atoms with Crippen LogP contribution in [0.15, 0.2) is 55.0 Å². The molecule has 2 aromatic carbocycles. The second-order valence-electron chi connectivity index (χ2n) is 8.15. The Hall–Kier alpha value is -3.98. The average Bonchev–Trinajstić information content (AvgIpc) is 3.33. The Bertz CT molecular complexity index is 1390. The van der Waals surface area contributed by atoms with Gasteiger partial charge in [0.05, 0.1) is 35.9 Å². The third-order valence-electron chi connectivity index (χ3n) is 5.29. The van der Waals surface area contributed by atoms with E-state index in [-0.39, 0.29) is 17.8 Å². The lowest BCUT2D eigenvalue weighted by Gasteiger charge is -2.13. The highest BCUT2D eigenvalue weighted by Crippen LogP contribution is 2.31. The fourth-order valence-corrected chi connectivity index (χ4v) is 3.59. The summed E-state index contributed by atoms with van der Waals surface area (Å²) >= 11 is 6.34. The van der Waals surface area contributed by atoms with Crippen molar-refractivity contribution in [3.63, 3.8) is 0 Å². The predicted molar refractivity (Wildman–Crippen MR) is 134 cm³/mol. The summed E-state index contributed by atoms with van der Waals surface area (Å²) in [6.07, 6.45) is 5.09. The minimum absolute atomic E-state index is 0.203. The standard InChI is InChI=1S/C25H24ClFN6O2/c1-14(2)33-13-17(11-29-33)23-19(26)12-28-25(32-23)31-21-7-5-16(10-22(21)35-4)24(34)30-20-8-6-18(27)9-15(20)3/h5-14H,1-4H3,(H,30,34)(H,28,31,32). The molecule has 1 amide bonds. The van der Waals surface area contributed by atoms with Gasteiger partial charge in [0.2, 0.25) is 5.95 Å². The fourth-order valence-electron chi connectivity index (χ4n) is 3.39. The Balaban J connectivity index is 1.56. The number of hydrogen-bond acceptors (Lipinski definition) is 6. The van der Waals surface area contributed by atoms with Crippen molar-refractivity contribution in [3.05, 3.63) is 77.0 Å². The minimum Gasteiger partial charge on any atom is -0.495 e. The highest BCUT2D eigenvalue weighted by atomic mass is 35.5. The third-order valence-corrected chi connectivity index (χ3v) is 5.57. The first kappa shape index (κ1) is 24.2. The number of carbonyl (C=O) groups excluding carboxylic acids is 1. The molecule has 35 heavy (non-hydrogen) atoms. The Kier molecular flexibility index (Phi) is 6.97. The summed E-state index contributed by atoms with van der Waals surface area (Å²) in [4.78, 5) is 21.6. The van der Waals surface area contributed by atoms with E-state index in [1.807, 2.05) is 24.7 Å². The molecule has 0 bridgehead atoms. The summed E-state index contributed by atoms with van der Waals surface area (Å²) in [7, 11) is 1.50. The third kappa shape index (κ3) is 5.41. The molecule has 0 radical (unpaired) electrons. The van der Waals surface area contributed by atoms with Gasteiger partial charge in [-0.25, -0.2) is 14.4 Å².